The van der Waals surface area contributed by atoms with Crippen molar-refractivity contribution in [3.63, 3.8) is 0 Å². The van der Waals surface area contributed by atoms with Gasteiger partial charge in [0.1, 0.15) is 11.3 Å². The topological polar surface area (TPSA) is 34.0 Å². The Bertz CT molecular complexity index is 603. The second-order valence-electron chi connectivity index (χ2n) is 7.09. The molecule has 0 amide bonds. The van der Waals surface area contributed by atoms with Gasteiger partial charge in [-0.05, 0) is 38.1 Å². The summed E-state index contributed by atoms with van der Waals surface area (Å²) in [7, 11) is 0. The normalized spacial score (nSPS) is 17.5. The van der Waals surface area contributed by atoms with Gasteiger partial charge in [-0.2, -0.15) is 0 Å². The molecule has 4 nitrogen and oxygen atoms in total. The highest BCUT2D eigenvalue weighted by Gasteiger charge is 2.23. The van der Waals surface area contributed by atoms with E-state index in [1.807, 2.05) is 12.3 Å². The third kappa shape index (κ3) is 3.10. The van der Waals surface area contributed by atoms with E-state index in [9.17, 15) is 0 Å². The van der Waals surface area contributed by atoms with Gasteiger partial charge < -0.3 is 9.47 Å². The molecule has 1 fully saturated rings. The highest BCUT2D eigenvalue weighted by atomic mass is 15.2. The zero-order valence-electron chi connectivity index (χ0n) is 13.5. The summed E-state index contributed by atoms with van der Waals surface area (Å²) in [6.45, 7) is 11.3. The molecule has 0 atom stereocenters. The van der Waals surface area contributed by atoms with E-state index in [0.29, 0.717) is 0 Å². The lowest BCUT2D eigenvalue weighted by molar-refractivity contribution is 0.219. The zero-order valence-corrected chi connectivity index (χ0v) is 13.5. The molecule has 0 radical (unpaired) electrons. The molecule has 0 unspecified atom stereocenters. The van der Waals surface area contributed by atoms with Crippen LogP contribution >= 0.6 is 0 Å². The first kappa shape index (κ1) is 14.5. The lowest BCUT2D eigenvalue weighted by Crippen LogP contribution is -2.33. The maximum Gasteiger partial charge on any atom is 0.160 e. The van der Waals surface area contributed by atoms with Crippen molar-refractivity contribution < 1.29 is 0 Å². The van der Waals surface area contributed by atoms with Crippen LogP contribution in [0.25, 0.3) is 11.2 Å². The van der Waals surface area contributed by atoms with Gasteiger partial charge in [-0.1, -0.05) is 27.2 Å². The van der Waals surface area contributed by atoms with Gasteiger partial charge in [0.05, 0.1) is 0 Å². The van der Waals surface area contributed by atoms with Crippen molar-refractivity contribution in [2.75, 3.05) is 19.6 Å². The molecule has 3 rings (SSSR count). The first-order valence-corrected chi connectivity index (χ1v) is 8.10. The molecule has 0 saturated carbocycles. The summed E-state index contributed by atoms with van der Waals surface area (Å²) in [5, 5.41) is 0. The van der Waals surface area contributed by atoms with Gasteiger partial charge in [-0.3, -0.25) is 0 Å². The van der Waals surface area contributed by atoms with E-state index < -0.39 is 0 Å². The number of imidazole rings is 1. The van der Waals surface area contributed by atoms with Crippen LogP contribution in [-0.4, -0.2) is 39.1 Å². The standard InChI is InChI=1S/C17H26N4/c1-17(2,3)16-19-14-8-7-9-18-15(14)21(16)13-12-20-10-5-4-6-11-20/h7-9H,4-6,10-13H2,1-3H3. The number of piperidine rings is 1. The molecule has 0 spiro atoms. The minimum atomic E-state index is 0.0442. The molecule has 1 aliphatic rings. The van der Waals surface area contributed by atoms with Crippen LogP contribution < -0.4 is 0 Å². The molecule has 21 heavy (non-hydrogen) atoms. The Labute approximate surface area is 127 Å². The maximum absolute atomic E-state index is 4.83. The highest BCUT2D eigenvalue weighted by Crippen LogP contribution is 2.25. The van der Waals surface area contributed by atoms with Crippen molar-refractivity contribution >= 4 is 11.2 Å². The number of pyridine rings is 1. The molecule has 2 aromatic heterocycles. The van der Waals surface area contributed by atoms with Crippen LogP contribution in [0, 0.1) is 0 Å². The second kappa shape index (κ2) is 5.76. The number of rotatable bonds is 3. The molecular formula is C17H26N4. The minimum Gasteiger partial charge on any atom is -0.311 e. The number of nitrogens with zero attached hydrogens (tertiary/aromatic N) is 4. The van der Waals surface area contributed by atoms with Crippen molar-refractivity contribution in [1.29, 1.82) is 0 Å². The van der Waals surface area contributed by atoms with Crippen molar-refractivity contribution in [2.45, 2.75) is 52.0 Å². The van der Waals surface area contributed by atoms with Gasteiger partial charge in [-0.15, -0.1) is 0 Å². The predicted molar refractivity (Wildman–Crippen MR) is 86.5 cm³/mol. The quantitative estimate of drug-likeness (QED) is 0.869. The molecule has 1 aliphatic heterocycles. The smallest absolute Gasteiger partial charge is 0.160 e. The molecule has 0 N–H and O–H groups in total. The first-order chi connectivity index (χ1) is 10.1. The van der Waals surface area contributed by atoms with Crippen molar-refractivity contribution in [3.8, 4) is 0 Å². The van der Waals surface area contributed by atoms with E-state index in [1.165, 1.54) is 32.4 Å². The third-order valence-corrected chi connectivity index (χ3v) is 4.26. The molecule has 0 bridgehead atoms. The number of hydrogen-bond donors (Lipinski definition) is 0. The van der Waals surface area contributed by atoms with Crippen LogP contribution in [-0.2, 0) is 12.0 Å². The van der Waals surface area contributed by atoms with Gasteiger partial charge in [0.25, 0.3) is 0 Å². The van der Waals surface area contributed by atoms with E-state index >= 15 is 0 Å². The van der Waals surface area contributed by atoms with Gasteiger partial charge in [0, 0.05) is 24.7 Å². The van der Waals surface area contributed by atoms with E-state index in [4.69, 9.17) is 4.98 Å². The van der Waals surface area contributed by atoms with E-state index in [0.717, 1.165) is 30.1 Å². The first-order valence-electron chi connectivity index (χ1n) is 8.10. The lowest BCUT2D eigenvalue weighted by atomic mass is 9.95. The second-order valence-corrected chi connectivity index (χ2v) is 7.09. The van der Waals surface area contributed by atoms with Gasteiger partial charge >= 0.3 is 0 Å². The fourth-order valence-corrected chi connectivity index (χ4v) is 3.17. The number of likely N-dealkylation sites (tertiary alicyclic amines) is 1. The third-order valence-electron chi connectivity index (χ3n) is 4.26. The summed E-state index contributed by atoms with van der Waals surface area (Å²) in [5.41, 5.74) is 2.09. The Hall–Kier alpha value is -1.42. The lowest BCUT2D eigenvalue weighted by Gasteiger charge is -2.27. The summed E-state index contributed by atoms with van der Waals surface area (Å²) in [5.74, 6) is 1.15. The van der Waals surface area contributed by atoms with E-state index in [2.05, 4.69) is 41.3 Å². The summed E-state index contributed by atoms with van der Waals surface area (Å²) in [6.07, 6.45) is 5.94. The monoisotopic (exact) mass is 286 g/mol. The number of aromatic nitrogens is 3. The molecule has 2 aromatic rings. The summed E-state index contributed by atoms with van der Waals surface area (Å²) < 4.78 is 2.32. The van der Waals surface area contributed by atoms with Crippen LogP contribution in [0.2, 0.25) is 0 Å². The van der Waals surface area contributed by atoms with Crippen LogP contribution in [0.3, 0.4) is 0 Å². The van der Waals surface area contributed by atoms with Crippen molar-refractivity contribution in [2.24, 2.45) is 0 Å². The summed E-state index contributed by atoms with van der Waals surface area (Å²) in [4.78, 5) is 12.0. The Balaban J connectivity index is 1.88. The SMILES string of the molecule is CC(C)(C)c1nc2cccnc2n1CCN1CCCCC1. The van der Waals surface area contributed by atoms with Crippen LogP contribution in [0.15, 0.2) is 18.3 Å². The molecule has 3 heterocycles. The molecule has 0 aromatic carbocycles. The highest BCUT2D eigenvalue weighted by molar-refractivity contribution is 5.71. The minimum absolute atomic E-state index is 0.0442. The fourth-order valence-electron chi connectivity index (χ4n) is 3.17. The molecule has 4 heteroatoms. The van der Waals surface area contributed by atoms with Crippen molar-refractivity contribution in [1.82, 2.24) is 19.4 Å². The number of fused-ring (bicyclic) bond motifs is 1. The van der Waals surface area contributed by atoms with E-state index in [1.54, 1.807) is 0 Å². The molecule has 114 valence electrons. The Kier molecular flexibility index (Phi) is 3.98. The molecular weight excluding hydrogens is 260 g/mol. The zero-order chi connectivity index (χ0) is 14.9. The number of hydrogen-bond acceptors (Lipinski definition) is 3. The summed E-state index contributed by atoms with van der Waals surface area (Å²) in [6, 6.07) is 4.03. The van der Waals surface area contributed by atoms with Gasteiger partial charge in [0.15, 0.2) is 5.65 Å². The van der Waals surface area contributed by atoms with Crippen LogP contribution in [0.5, 0.6) is 0 Å². The van der Waals surface area contributed by atoms with Crippen LogP contribution in [0.4, 0.5) is 0 Å². The Morgan fingerprint density at radius 2 is 1.86 bits per heavy atom. The Morgan fingerprint density at radius 3 is 2.57 bits per heavy atom. The fraction of sp³-hybridized carbons (Fsp3) is 0.647. The van der Waals surface area contributed by atoms with Gasteiger partial charge in [0.2, 0.25) is 0 Å². The van der Waals surface area contributed by atoms with Gasteiger partial charge in [-0.25, -0.2) is 9.97 Å². The molecule has 0 aliphatic carbocycles. The largest absolute Gasteiger partial charge is 0.311 e. The van der Waals surface area contributed by atoms with E-state index in [-0.39, 0.29) is 5.41 Å². The Morgan fingerprint density at radius 1 is 1.10 bits per heavy atom. The maximum atomic E-state index is 4.83. The predicted octanol–water partition coefficient (Wildman–Crippen LogP) is 3.21. The average Bonchev–Trinajstić information content (AvgIpc) is 2.85. The van der Waals surface area contributed by atoms with Crippen LogP contribution in [0.1, 0.15) is 45.9 Å². The summed E-state index contributed by atoms with van der Waals surface area (Å²) >= 11 is 0. The molecule has 1 saturated heterocycles. The average molecular weight is 286 g/mol. The van der Waals surface area contributed by atoms with Crippen molar-refractivity contribution in [3.05, 3.63) is 24.2 Å².